The van der Waals surface area contributed by atoms with Gasteiger partial charge in [0.15, 0.2) is 6.54 Å². The van der Waals surface area contributed by atoms with E-state index in [4.69, 9.17) is 10.7 Å². The summed E-state index contributed by atoms with van der Waals surface area (Å²) >= 11 is 3.08. The van der Waals surface area contributed by atoms with Crippen LogP contribution in [0.3, 0.4) is 0 Å². The minimum absolute atomic E-state index is 0.0834. The van der Waals surface area contributed by atoms with Crippen molar-refractivity contribution in [3.8, 4) is 0 Å². The molecule has 0 aliphatic carbocycles. The maximum absolute atomic E-state index is 12.4. The molecule has 2 atom stereocenters. The lowest BCUT2D eigenvalue weighted by molar-refractivity contribution is -0.898. The zero-order chi connectivity index (χ0) is 18.8. The number of anilines is 1. The van der Waals surface area contributed by atoms with Gasteiger partial charge in [-0.15, -0.1) is 22.7 Å². The molecule has 27 heavy (non-hydrogen) atoms. The normalized spacial score (nSPS) is 19.9. The minimum Gasteiger partial charge on any atom is -0.366 e. The van der Waals surface area contributed by atoms with E-state index in [0.29, 0.717) is 23.0 Å². The molecule has 140 valence electrons. The number of fused-ring (bicyclic) bond motifs is 1. The largest absolute Gasteiger partial charge is 0.366 e. The molecule has 4 N–H and O–H groups in total. The zero-order valence-corrected chi connectivity index (χ0v) is 16.4. The first-order chi connectivity index (χ1) is 13.1. The average molecular weight is 402 g/mol. The maximum Gasteiger partial charge on any atom is 0.280 e. The van der Waals surface area contributed by atoms with Crippen molar-refractivity contribution in [2.45, 2.75) is 18.8 Å². The first-order valence-corrected chi connectivity index (χ1v) is 10.7. The van der Waals surface area contributed by atoms with Gasteiger partial charge >= 0.3 is 0 Å². The Hall–Kier alpha value is -2.29. The Balaban J connectivity index is 1.40. The number of hydrogen-bond acceptors (Lipinski definition) is 5. The Bertz CT molecular complexity index is 948. The fraction of sp³-hybridized carbons (Fsp3) is 0.316. The fourth-order valence-corrected chi connectivity index (χ4v) is 5.50. The van der Waals surface area contributed by atoms with Crippen molar-refractivity contribution in [1.29, 1.82) is 0 Å². The molecule has 2 amide bonds. The number of primary amides is 1. The van der Waals surface area contributed by atoms with Gasteiger partial charge in [-0.25, -0.2) is 4.98 Å². The highest BCUT2D eigenvalue weighted by molar-refractivity contribution is 7.18. The van der Waals surface area contributed by atoms with Crippen LogP contribution in [-0.4, -0.2) is 36.4 Å². The molecule has 3 aromatic rings. The Morgan fingerprint density at radius 2 is 2.15 bits per heavy atom. The molecule has 3 heterocycles. The van der Waals surface area contributed by atoms with E-state index in [1.54, 1.807) is 22.8 Å². The summed E-state index contributed by atoms with van der Waals surface area (Å²) in [6.07, 6.45) is 2.19. The number of nitrogens with one attached hydrogen (secondary N) is 2. The number of para-hydroxylation sites is 1. The van der Waals surface area contributed by atoms with Crippen molar-refractivity contribution in [2.75, 3.05) is 25.0 Å². The predicted molar refractivity (Wildman–Crippen MR) is 109 cm³/mol. The molecule has 1 aliphatic rings. The third-order valence-corrected chi connectivity index (χ3v) is 6.90. The van der Waals surface area contributed by atoms with Crippen LogP contribution >= 0.6 is 22.7 Å². The Morgan fingerprint density at radius 3 is 2.96 bits per heavy atom. The zero-order valence-electron chi connectivity index (χ0n) is 14.7. The van der Waals surface area contributed by atoms with Gasteiger partial charge in [0.25, 0.3) is 11.8 Å². The highest BCUT2D eigenvalue weighted by Crippen LogP contribution is 2.30. The molecule has 2 aromatic heterocycles. The van der Waals surface area contributed by atoms with E-state index in [2.05, 4.69) is 11.4 Å². The van der Waals surface area contributed by atoms with Gasteiger partial charge in [-0.05, 0) is 36.4 Å². The number of nitrogens with zero attached hydrogens (tertiary/aromatic N) is 1. The lowest BCUT2D eigenvalue weighted by Gasteiger charge is -2.28. The van der Waals surface area contributed by atoms with Crippen molar-refractivity contribution < 1.29 is 14.5 Å². The fourth-order valence-electron chi connectivity index (χ4n) is 3.59. The molecular weight excluding hydrogens is 380 g/mol. The smallest absolute Gasteiger partial charge is 0.280 e. The standard InChI is InChI=1S/C19H20N4O2S2/c20-17(25)13-7-9-26-19(13)22-16(24)11-23-8-3-4-12(10-23)18-21-14-5-1-2-6-15(14)27-18/h1-2,5-7,9,12H,3-4,8,10-11H2,(H2,20,25)(H,22,24)/p+1/t12-/m0/s1. The van der Waals surface area contributed by atoms with E-state index in [1.807, 2.05) is 18.2 Å². The lowest BCUT2D eigenvalue weighted by Crippen LogP contribution is -3.14. The molecule has 1 unspecified atom stereocenters. The van der Waals surface area contributed by atoms with Crippen LogP contribution in [0.5, 0.6) is 0 Å². The molecule has 1 fully saturated rings. The molecule has 4 rings (SSSR count). The second kappa shape index (κ2) is 7.75. The Kier molecular flexibility index (Phi) is 5.20. The number of carbonyl (C=O) groups is 2. The van der Waals surface area contributed by atoms with E-state index in [9.17, 15) is 9.59 Å². The van der Waals surface area contributed by atoms with Gasteiger partial charge in [0, 0.05) is 0 Å². The third kappa shape index (κ3) is 4.02. The quantitative estimate of drug-likeness (QED) is 0.610. The van der Waals surface area contributed by atoms with Crippen LogP contribution in [0.4, 0.5) is 5.00 Å². The Labute approximate surface area is 165 Å². The SMILES string of the molecule is NC(=O)c1ccsc1NC(=O)C[NH+]1CCC[C@H](c2nc3ccccc3s2)C1. The summed E-state index contributed by atoms with van der Waals surface area (Å²) in [6, 6.07) is 9.85. The van der Waals surface area contributed by atoms with E-state index >= 15 is 0 Å². The van der Waals surface area contributed by atoms with Crippen molar-refractivity contribution in [2.24, 2.45) is 5.73 Å². The van der Waals surface area contributed by atoms with Crippen LogP contribution in [0, 0.1) is 0 Å². The summed E-state index contributed by atoms with van der Waals surface area (Å²) in [6.45, 7) is 2.26. The molecule has 1 aliphatic heterocycles. The highest BCUT2D eigenvalue weighted by Gasteiger charge is 2.28. The van der Waals surface area contributed by atoms with Gasteiger partial charge in [0.2, 0.25) is 0 Å². The Morgan fingerprint density at radius 1 is 1.30 bits per heavy atom. The van der Waals surface area contributed by atoms with Crippen LogP contribution in [-0.2, 0) is 4.79 Å². The number of likely N-dealkylation sites (tertiary alicyclic amines) is 1. The van der Waals surface area contributed by atoms with Gasteiger partial charge in [-0.1, -0.05) is 12.1 Å². The van der Waals surface area contributed by atoms with Gasteiger partial charge in [-0.2, -0.15) is 0 Å². The van der Waals surface area contributed by atoms with Crippen LogP contribution in [0.1, 0.15) is 34.1 Å². The first-order valence-electron chi connectivity index (χ1n) is 8.96. The van der Waals surface area contributed by atoms with Crippen LogP contribution in [0.2, 0.25) is 0 Å². The first kappa shape index (κ1) is 18.1. The van der Waals surface area contributed by atoms with Crippen molar-refractivity contribution in [3.63, 3.8) is 0 Å². The van der Waals surface area contributed by atoms with E-state index in [1.165, 1.54) is 25.9 Å². The highest BCUT2D eigenvalue weighted by atomic mass is 32.1. The number of nitrogens with two attached hydrogens (primary N) is 1. The number of thiazole rings is 1. The van der Waals surface area contributed by atoms with Crippen LogP contribution < -0.4 is 16.0 Å². The maximum atomic E-state index is 12.4. The lowest BCUT2D eigenvalue weighted by atomic mass is 9.99. The van der Waals surface area contributed by atoms with Crippen molar-refractivity contribution in [3.05, 3.63) is 46.3 Å². The molecule has 1 saturated heterocycles. The summed E-state index contributed by atoms with van der Waals surface area (Å²) in [5.74, 6) is -0.213. The molecule has 0 bridgehead atoms. The molecular formula is C19H21N4O2S2+. The number of aromatic nitrogens is 1. The number of hydrogen-bond donors (Lipinski definition) is 3. The third-order valence-electron chi connectivity index (χ3n) is 4.87. The summed E-state index contributed by atoms with van der Waals surface area (Å²) in [5.41, 5.74) is 6.76. The van der Waals surface area contributed by atoms with Gasteiger partial charge < -0.3 is 16.0 Å². The monoisotopic (exact) mass is 401 g/mol. The molecule has 0 spiro atoms. The summed E-state index contributed by atoms with van der Waals surface area (Å²) in [4.78, 5) is 29.9. The summed E-state index contributed by atoms with van der Waals surface area (Å²) in [7, 11) is 0. The predicted octanol–water partition coefficient (Wildman–Crippen LogP) is 1.86. The second-order valence-electron chi connectivity index (χ2n) is 6.82. The number of quaternary nitrogens is 1. The molecule has 0 radical (unpaired) electrons. The molecule has 1 aromatic carbocycles. The number of rotatable bonds is 5. The van der Waals surface area contributed by atoms with Crippen molar-refractivity contribution >= 4 is 49.7 Å². The van der Waals surface area contributed by atoms with Gasteiger partial charge in [-0.3, -0.25) is 9.59 Å². The number of amides is 2. The van der Waals surface area contributed by atoms with E-state index in [-0.39, 0.29) is 5.91 Å². The molecule has 6 nitrogen and oxygen atoms in total. The van der Waals surface area contributed by atoms with Crippen LogP contribution in [0.25, 0.3) is 10.2 Å². The van der Waals surface area contributed by atoms with Gasteiger partial charge in [0.1, 0.15) is 10.0 Å². The summed E-state index contributed by atoms with van der Waals surface area (Å²) in [5, 5.41) is 6.30. The summed E-state index contributed by atoms with van der Waals surface area (Å²) < 4.78 is 1.22. The molecule has 8 heteroatoms. The van der Waals surface area contributed by atoms with Crippen LogP contribution in [0.15, 0.2) is 35.7 Å². The number of thiophene rings is 1. The minimum atomic E-state index is -0.521. The van der Waals surface area contributed by atoms with E-state index < -0.39 is 5.91 Å². The number of benzene rings is 1. The number of carbonyl (C=O) groups excluding carboxylic acids is 2. The average Bonchev–Trinajstić information content (AvgIpc) is 3.28. The topological polar surface area (TPSA) is 89.5 Å². The van der Waals surface area contributed by atoms with E-state index in [0.717, 1.165) is 31.4 Å². The second-order valence-corrected chi connectivity index (χ2v) is 8.79. The number of piperidine rings is 1. The van der Waals surface area contributed by atoms with Crippen molar-refractivity contribution in [1.82, 2.24) is 4.98 Å². The van der Waals surface area contributed by atoms with Gasteiger partial charge in [0.05, 0.1) is 34.8 Å². The molecule has 0 saturated carbocycles.